The summed E-state index contributed by atoms with van der Waals surface area (Å²) >= 11 is 0. The van der Waals surface area contributed by atoms with Crippen LogP contribution in [0, 0.1) is 0 Å². The molecule has 39 heavy (non-hydrogen) atoms. The molecule has 0 radical (unpaired) electrons. The van der Waals surface area contributed by atoms with Crippen molar-refractivity contribution in [1.29, 1.82) is 0 Å². The fourth-order valence-electron chi connectivity index (χ4n) is 5.40. The molecule has 1 atom stereocenters. The fraction of sp³-hybridized carbons (Fsp3) is 0.353. The summed E-state index contributed by atoms with van der Waals surface area (Å²) in [7, 11) is 0. The van der Waals surface area contributed by atoms with Gasteiger partial charge in [0.15, 0.2) is 5.76 Å². The Morgan fingerprint density at radius 3 is 2.21 bits per heavy atom. The molecule has 1 unspecified atom stereocenters. The Balaban J connectivity index is 1.25. The molecule has 1 fully saturated rings. The number of hydrogen-bond donors (Lipinski definition) is 0. The van der Waals surface area contributed by atoms with Crippen LogP contribution in [0.4, 0.5) is 5.69 Å². The van der Waals surface area contributed by atoms with Crippen LogP contribution in [0.5, 0.6) is 5.75 Å². The highest BCUT2D eigenvalue weighted by Crippen LogP contribution is 2.29. The highest BCUT2D eigenvalue weighted by atomic mass is 16.7. The third kappa shape index (κ3) is 7.45. The number of piperidine rings is 1. The number of ether oxygens (including phenoxy) is 3. The zero-order chi connectivity index (χ0) is 26.9. The third-order valence-electron chi connectivity index (χ3n) is 7.59. The first-order chi connectivity index (χ1) is 19.2. The van der Waals surface area contributed by atoms with E-state index < -0.39 is 0 Å². The number of hydrogen-bond acceptors (Lipinski definition) is 5. The van der Waals surface area contributed by atoms with Gasteiger partial charge in [0.05, 0.1) is 6.04 Å². The number of benzene rings is 3. The van der Waals surface area contributed by atoms with E-state index in [0.717, 1.165) is 50.4 Å². The van der Waals surface area contributed by atoms with Crippen LogP contribution in [-0.2, 0) is 22.5 Å². The number of anilines is 1. The maximum atomic E-state index is 6.04. The molecular formula is C34H40N2O3. The van der Waals surface area contributed by atoms with E-state index in [1.807, 2.05) is 24.5 Å². The van der Waals surface area contributed by atoms with Crippen LogP contribution >= 0.6 is 0 Å². The second kappa shape index (κ2) is 13.4. The molecule has 0 aliphatic carbocycles. The van der Waals surface area contributed by atoms with Crippen LogP contribution in [0.3, 0.4) is 0 Å². The van der Waals surface area contributed by atoms with Gasteiger partial charge in [0.1, 0.15) is 18.6 Å². The Hall–Kier alpha value is -3.70. The molecule has 3 aromatic rings. The number of allylic oxidation sites excluding steroid dienone is 1. The molecule has 0 aromatic heterocycles. The first kappa shape index (κ1) is 26.9. The van der Waals surface area contributed by atoms with E-state index >= 15 is 0 Å². The topological polar surface area (TPSA) is 34.2 Å². The predicted octanol–water partition coefficient (Wildman–Crippen LogP) is 6.96. The number of likely N-dealkylation sites (tertiary alicyclic amines) is 1. The maximum absolute atomic E-state index is 6.04. The molecular weight excluding hydrogens is 484 g/mol. The molecule has 0 spiro atoms. The van der Waals surface area contributed by atoms with Gasteiger partial charge in [-0.15, -0.1) is 0 Å². The standard InChI is InChI=1S/C34H40N2O3/c1-27(2)17-22-36(30-13-15-32(16-14-30)38-24-29-11-7-4-8-12-29)31-18-20-35(21-19-31)33(34-25-37-26-39-34)23-28-9-5-3-6-10-28/h3-17,25,31,33H,18-24,26H2,1-2H3. The van der Waals surface area contributed by atoms with Crippen molar-refractivity contribution >= 4 is 5.69 Å². The molecule has 1 saturated heterocycles. The average Bonchev–Trinajstić information content (AvgIpc) is 3.52. The normalized spacial score (nSPS) is 16.5. The van der Waals surface area contributed by atoms with Gasteiger partial charge in [0.2, 0.25) is 6.79 Å². The molecule has 5 heteroatoms. The maximum Gasteiger partial charge on any atom is 0.229 e. The monoisotopic (exact) mass is 524 g/mol. The summed E-state index contributed by atoms with van der Waals surface area (Å²) in [6, 6.07) is 30.3. The zero-order valence-corrected chi connectivity index (χ0v) is 23.2. The lowest BCUT2D eigenvalue weighted by Gasteiger charge is -2.42. The summed E-state index contributed by atoms with van der Waals surface area (Å²) in [5.41, 5.74) is 5.08. The summed E-state index contributed by atoms with van der Waals surface area (Å²) in [4.78, 5) is 5.13. The van der Waals surface area contributed by atoms with E-state index in [2.05, 4.69) is 96.5 Å². The Kier molecular flexibility index (Phi) is 9.23. The van der Waals surface area contributed by atoms with E-state index in [9.17, 15) is 0 Å². The van der Waals surface area contributed by atoms with Crippen LogP contribution in [0.25, 0.3) is 0 Å². The van der Waals surface area contributed by atoms with Crippen LogP contribution in [0.2, 0.25) is 0 Å². The van der Waals surface area contributed by atoms with Gasteiger partial charge in [-0.25, -0.2) is 0 Å². The number of rotatable bonds is 11. The Labute approximate surface area is 233 Å². The molecule has 2 aliphatic heterocycles. The van der Waals surface area contributed by atoms with Crippen molar-refractivity contribution in [2.45, 2.75) is 51.8 Å². The quantitative estimate of drug-likeness (QED) is 0.253. The van der Waals surface area contributed by atoms with E-state index in [0.29, 0.717) is 19.4 Å². The van der Waals surface area contributed by atoms with Gasteiger partial charge in [0.25, 0.3) is 0 Å². The molecule has 0 bridgehead atoms. The molecule has 5 rings (SSSR count). The summed E-state index contributed by atoms with van der Waals surface area (Å²) in [5, 5.41) is 0. The molecule has 5 nitrogen and oxygen atoms in total. The predicted molar refractivity (Wildman–Crippen MR) is 158 cm³/mol. The third-order valence-corrected chi connectivity index (χ3v) is 7.59. The van der Waals surface area contributed by atoms with Crippen LogP contribution in [-0.4, -0.2) is 43.4 Å². The highest BCUT2D eigenvalue weighted by Gasteiger charge is 2.32. The van der Waals surface area contributed by atoms with E-state index in [-0.39, 0.29) is 6.04 Å². The van der Waals surface area contributed by atoms with Crippen molar-refractivity contribution in [3.05, 3.63) is 120 Å². The summed E-state index contributed by atoms with van der Waals surface area (Å²) < 4.78 is 17.4. The molecule has 3 aromatic carbocycles. The summed E-state index contributed by atoms with van der Waals surface area (Å²) in [5.74, 6) is 1.85. The van der Waals surface area contributed by atoms with Crippen molar-refractivity contribution in [2.24, 2.45) is 0 Å². The minimum absolute atomic E-state index is 0.197. The lowest BCUT2D eigenvalue weighted by molar-refractivity contribution is 0.0542. The first-order valence-electron chi connectivity index (χ1n) is 14.0. The fourth-order valence-corrected chi connectivity index (χ4v) is 5.40. The first-order valence-corrected chi connectivity index (χ1v) is 14.0. The van der Waals surface area contributed by atoms with Gasteiger partial charge in [-0.05, 0) is 68.5 Å². The zero-order valence-electron chi connectivity index (χ0n) is 23.2. The summed E-state index contributed by atoms with van der Waals surface area (Å²) in [6.45, 7) is 8.19. The average molecular weight is 525 g/mol. The number of nitrogens with zero attached hydrogens (tertiary/aromatic N) is 2. The highest BCUT2D eigenvalue weighted by molar-refractivity contribution is 5.51. The van der Waals surface area contributed by atoms with Crippen molar-refractivity contribution < 1.29 is 14.2 Å². The van der Waals surface area contributed by atoms with Crippen molar-refractivity contribution in [3.63, 3.8) is 0 Å². The van der Waals surface area contributed by atoms with E-state index in [1.165, 1.54) is 22.4 Å². The van der Waals surface area contributed by atoms with Gasteiger partial charge < -0.3 is 19.1 Å². The minimum Gasteiger partial charge on any atom is -0.489 e. The van der Waals surface area contributed by atoms with Crippen LogP contribution in [0.15, 0.2) is 109 Å². The molecule has 0 N–H and O–H groups in total. The smallest absolute Gasteiger partial charge is 0.229 e. The Morgan fingerprint density at radius 1 is 0.923 bits per heavy atom. The van der Waals surface area contributed by atoms with Crippen LogP contribution < -0.4 is 9.64 Å². The van der Waals surface area contributed by atoms with Gasteiger partial charge >= 0.3 is 0 Å². The van der Waals surface area contributed by atoms with Crippen molar-refractivity contribution in [2.75, 3.05) is 31.3 Å². The Morgan fingerprint density at radius 2 is 1.59 bits per heavy atom. The second-order valence-corrected chi connectivity index (χ2v) is 10.6. The van der Waals surface area contributed by atoms with Crippen molar-refractivity contribution in [1.82, 2.24) is 4.90 Å². The molecule has 0 amide bonds. The van der Waals surface area contributed by atoms with Crippen molar-refractivity contribution in [3.8, 4) is 5.75 Å². The largest absolute Gasteiger partial charge is 0.489 e. The van der Waals surface area contributed by atoms with Crippen LogP contribution in [0.1, 0.15) is 37.8 Å². The minimum atomic E-state index is 0.197. The van der Waals surface area contributed by atoms with Gasteiger partial charge in [-0.3, -0.25) is 4.90 Å². The Bertz CT molecular complexity index is 1210. The van der Waals surface area contributed by atoms with Gasteiger partial charge in [0, 0.05) is 31.4 Å². The molecule has 2 heterocycles. The lowest BCUT2D eigenvalue weighted by atomic mass is 9.97. The molecule has 204 valence electrons. The van der Waals surface area contributed by atoms with E-state index in [4.69, 9.17) is 14.2 Å². The molecule has 2 aliphatic rings. The van der Waals surface area contributed by atoms with Gasteiger partial charge in [-0.1, -0.05) is 72.3 Å². The van der Waals surface area contributed by atoms with E-state index in [1.54, 1.807) is 0 Å². The second-order valence-electron chi connectivity index (χ2n) is 10.6. The summed E-state index contributed by atoms with van der Waals surface area (Å²) in [6.07, 6.45) is 7.26. The molecule has 0 saturated carbocycles. The SMILES string of the molecule is CC(C)=CCN(c1ccc(OCc2ccccc2)cc1)C1CCN(C(Cc2ccccc2)C2=COCO2)CC1. The lowest BCUT2D eigenvalue weighted by Crippen LogP contribution is -2.49. The van der Waals surface area contributed by atoms with Gasteiger partial charge in [-0.2, -0.15) is 0 Å².